The van der Waals surface area contributed by atoms with Crippen LogP contribution in [0.1, 0.15) is 12.6 Å². The number of nitrogens with one attached hydrogen (secondary N) is 1. The van der Waals surface area contributed by atoms with Crippen molar-refractivity contribution in [1.29, 1.82) is 0 Å². The van der Waals surface area contributed by atoms with Gasteiger partial charge in [-0.15, -0.1) is 0 Å². The molecule has 0 aliphatic rings. The fourth-order valence-electron chi connectivity index (χ4n) is 0.984. The Morgan fingerprint density at radius 3 is 3.00 bits per heavy atom. The molecule has 4 nitrogen and oxygen atoms in total. The average molecular weight is 169 g/mol. The van der Waals surface area contributed by atoms with Crippen LogP contribution in [0.4, 0.5) is 0 Å². The molecule has 0 bridgehead atoms. The number of rotatable bonds is 4. The minimum absolute atomic E-state index is 0.293. The summed E-state index contributed by atoms with van der Waals surface area (Å²) < 4.78 is 1.81. The summed E-state index contributed by atoms with van der Waals surface area (Å²) in [6, 6.07) is 1.95. The summed E-state index contributed by atoms with van der Waals surface area (Å²) in [4.78, 5) is 0. The predicted octanol–water partition coefficient (Wildman–Crippen LogP) is -0.110. The van der Waals surface area contributed by atoms with Crippen molar-refractivity contribution in [1.82, 2.24) is 15.1 Å². The van der Waals surface area contributed by atoms with Crippen molar-refractivity contribution >= 4 is 0 Å². The molecule has 0 unspecified atom stereocenters. The number of aryl methyl sites for hydroxylation is 1. The van der Waals surface area contributed by atoms with Gasteiger partial charge in [0.15, 0.2) is 0 Å². The van der Waals surface area contributed by atoms with E-state index in [4.69, 9.17) is 5.11 Å². The molecule has 0 spiro atoms. The van der Waals surface area contributed by atoms with Crippen molar-refractivity contribution in [3.05, 3.63) is 18.0 Å². The van der Waals surface area contributed by atoms with Crippen LogP contribution in [0.5, 0.6) is 0 Å². The van der Waals surface area contributed by atoms with E-state index in [0.29, 0.717) is 6.54 Å². The fourth-order valence-corrected chi connectivity index (χ4v) is 0.984. The second-order valence-corrected chi connectivity index (χ2v) is 2.93. The summed E-state index contributed by atoms with van der Waals surface area (Å²) in [6.45, 7) is 3.13. The summed E-state index contributed by atoms with van der Waals surface area (Å²) in [5.74, 6) is 0. The molecule has 1 heterocycles. The minimum Gasteiger partial charge on any atom is -0.392 e. The molecule has 1 rings (SSSR count). The first-order valence-corrected chi connectivity index (χ1v) is 4.06. The number of aliphatic hydroxyl groups is 1. The Morgan fingerprint density at radius 1 is 1.75 bits per heavy atom. The van der Waals surface area contributed by atoms with E-state index in [-0.39, 0.29) is 6.10 Å². The van der Waals surface area contributed by atoms with E-state index in [0.717, 1.165) is 12.2 Å². The summed E-state index contributed by atoms with van der Waals surface area (Å²) in [5, 5.41) is 16.1. The lowest BCUT2D eigenvalue weighted by Gasteiger charge is -2.06. The smallest absolute Gasteiger partial charge is 0.0636 e. The second kappa shape index (κ2) is 4.23. The zero-order valence-electron chi connectivity index (χ0n) is 7.49. The monoisotopic (exact) mass is 169 g/mol. The van der Waals surface area contributed by atoms with Crippen molar-refractivity contribution in [3.8, 4) is 0 Å². The van der Waals surface area contributed by atoms with Gasteiger partial charge in [0.1, 0.15) is 0 Å². The Balaban J connectivity index is 2.29. The van der Waals surface area contributed by atoms with Crippen LogP contribution in [0, 0.1) is 0 Å². The van der Waals surface area contributed by atoms with Crippen LogP contribution in [0.3, 0.4) is 0 Å². The Hall–Kier alpha value is -0.870. The van der Waals surface area contributed by atoms with E-state index in [9.17, 15) is 0 Å². The minimum atomic E-state index is -0.293. The molecular formula is C8H15N3O. The molecule has 2 N–H and O–H groups in total. The topological polar surface area (TPSA) is 50.1 Å². The first-order chi connectivity index (χ1) is 5.70. The van der Waals surface area contributed by atoms with Crippen molar-refractivity contribution in [2.45, 2.75) is 19.6 Å². The van der Waals surface area contributed by atoms with Gasteiger partial charge in [0.05, 0.1) is 11.8 Å². The summed E-state index contributed by atoms with van der Waals surface area (Å²) in [7, 11) is 1.90. The number of aliphatic hydroxyl groups excluding tert-OH is 1. The zero-order chi connectivity index (χ0) is 8.97. The lowest BCUT2D eigenvalue weighted by atomic mass is 10.4. The largest absolute Gasteiger partial charge is 0.392 e. The predicted molar refractivity (Wildman–Crippen MR) is 46.6 cm³/mol. The van der Waals surface area contributed by atoms with Gasteiger partial charge in [0.2, 0.25) is 0 Å². The maximum Gasteiger partial charge on any atom is 0.0636 e. The third kappa shape index (κ3) is 2.64. The van der Waals surface area contributed by atoms with Crippen LogP contribution in [-0.4, -0.2) is 27.5 Å². The maximum atomic E-state index is 8.97. The van der Waals surface area contributed by atoms with Gasteiger partial charge in [-0.05, 0) is 13.0 Å². The second-order valence-electron chi connectivity index (χ2n) is 2.93. The SMILES string of the molecule is C[C@@H](O)CNCc1ccnn1C. The van der Waals surface area contributed by atoms with Crippen LogP contribution in [0.2, 0.25) is 0 Å². The molecular weight excluding hydrogens is 154 g/mol. The van der Waals surface area contributed by atoms with Crippen LogP contribution >= 0.6 is 0 Å². The van der Waals surface area contributed by atoms with Gasteiger partial charge in [-0.25, -0.2) is 0 Å². The highest BCUT2D eigenvalue weighted by Gasteiger charge is 1.98. The lowest BCUT2D eigenvalue weighted by Crippen LogP contribution is -2.24. The van der Waals surface area contributed by atoms with Gasteiger partial charge in [-0.3, -0.25) is 4.68 Å². The quantitative estimate of drug-likeness (QED) is 0.661. The first kappa shape index (κ1) is 9.22. The van der Waals surface area contributed by atoms with Gasteiger partial charge in [-0.2, -0.15) is 5.10 Å². The van der Waals surface area contributed by atoms with E-state index >= 15 is 0 Å². The van der Waals surface area contributed by atoms with Crippen LogP contribution in [0.25, 0.3) is 0 Å². The highest BCUT2D eigenvalue weighted by atomic mass is 16.3. The molecule has 0 aliphatic carbocycles. The van der Waals surface area contributed by atoms with Gasteiger partial charge < -0.3 is 10.4 Å². The number of hydrogen-bond acceptors (Lipinski definition) is 3. The van der Waals surface area contributed by atoms with Gasteiger partial charge in [0.25, 0.3) is 0 Å². The van der Waals surface area contributed by atoms with Crippen LogP contribution in [0.15, 0.2) is 12.3 Å². The van der Waals surface area contributed by atoms with Crippen molar-refractivity contribution in [3.63, 3.8) is 0 Å². The molecule has 68 valence electrons. The Morgan fingerprint density at radius 2 is 2.50 bits per heavy atom. The first-order valence-electron chi connectivity index (χ1n) is 4.06. The van der Waals surface area contributed by atoms with Gasteiger partial charge >= 0.3 is 0 Å². The van der Waals surface area contributed by atoms with E-state index in [1.54, 1.807) is 13.1 Å². The molecule has 0 aromatic carbocycles. The number of hydrogen-bond donors (Lipinski definition) is 2. The highest BCUT2D eigenvalue weighted by molar-refractivity contribution is 4.98. The van der Waals surface area contributed by atoms with Gasteiger partial charge in [-0.1, -0.05) is 0 Å². The third-order valence-corrected chi connectivity index (χ3v) is 1.67. The highest BCUT2D eigenvalue weighted by Crippen LogP contribution is 1.94. The Bertz CT molecular complexity index is 232. The van der Waals surface area contributed by atoms with Crippen LogP contribution < -0.4 is 5.32 Å². The molecule has 1 aromatic heterocycles. The molecule has 0 saturated carbocycles. The van der Waals surface area contributed by atoms with E-state index < -0.39 is 0 Å². The molecule has 1 aromatic rings. The summed E-state index contributed by atoms with van der Waals surface area (Å²) in [5.41, 5.74) is 1.12. The fraction of sp³-hybridized carbons (Fsp3) is 0.625. The van der Waals surface area contributed by atoms with Gasteiger partial charge in [0, 0.05) is 26.3 Å². The Labute approximate surface area is 72.2 Å². The molecule has 1 atom stereocenters. The number of aromatic nitrogens is 2. The zero-order valence-corrected chi connectivity index (χ0v) is 7.49. The molecule has 4 heteroatoms. The molecule has 0 radical (unpaired) electrons. The number of nitrogens with zero attached hydrogens (tertiary/aromatic N) is 2. The molecule has 0 fully saturated rings. The molecule has 0 aliphatic heterocycles. The van der Waals surface area contributed by atoms with Crippen molar-refractivity contribution in [2.75, 3.05) is 6.54 Å². The average Bonchev–Trinajstić information content (AvgIpc) is 2.36. The normalized spacial score (nSPS) is 13.2. The standard InChI is InChI=1S/C8H15N3O/c1-7(12)5-9-6-8-3-4-10-11(8)2/h3-4,7,9,12H,5-6H2,1-2H3/t7-/m1/s1. The van der Waals surface area contributed by atoms with E-state index in [1.807, 2.05) is 17.8 Å². The molecule has 0 amide bonds. The maximum absolute atomic E-state index is 8.97. The Kier molecular flexibility index (Phi) is 3.25. The van der Waals surface area contributed by atoms with E-state index in [1.165, 1.54) is 0 Å². The van der Waals surface area contributed by atoms with Crippen LogP contribution in [-0.2, 0) is 13.6 Å². The van der Waals surface area contributed by atoms with Crippen molar-refractivity contribution in [2.24, 2.45) is 7.05 Å². The molecule has 0 saturated heterocycles. The lowest BCUT2D eigenvalue weighted by molar-refractivity contribution is 0.190. The summed E-state index contributed by atoms with van der Waals surface area (Å²) in [6.07, 6.45) is 1.47. The third-order valence-electron chi connectivity index (χ3n) is 1.67. The van der Waals surface area contributed by atoms with Crippen molar-refractivity contribution < 1.29 is 5.11 Å². The molecule has 12 heavy (non-hydrogen) atoms. The summed E-state index contributed by atoms with van der Waals surface area (Å²) >= 11 is 0. The van der Waals surface area contributed by atoms with E-state index in [2.05, 4.69) is 10.4 Å².